The van der Waals surface area contributed by atoms with Crippen molar-refractivity contribution in [3.8, 4) is 11.5 Å². The second kappa shape index (κ2) is 7.90. The molecule has 2 aromatic rings. The predicted octanol–water partition coefficient (Wildman–Crippen LogP) is 2.01. The summed E-state index contributed by atoms with van der Waals surface area (Å²) in [5, 5.41) is 2.77. The molecule has 1 aliphatic heterocycles. The highest BCUT2D eigenvalue weighted by molar-refractivity contribution is 6.21. The van der Waals surface area contributed by atoms with E-state index >= 15 is 0 Å². The topological polar surface area (TPSA) is 84.9 Å². The smallest absolute Gasteiger partial charge is 0.261 e. The Morgan fingerprint density at radius 3 is 2.00 bits per heavy atom. The summed E-state index contributed by atoms with van der Waals surface area (Å²) in [5.74, 6) is 0.203. The van der Waals surface area contributed by atoms with Gasteiger partial charge in [0.2, 0.25) is 5.91 Å². The lowest BCUT2D eigenvalue weighted by molar-refractivity contribution is -0.121. The average Bonchev–Trinajstić information content (AvgIpc) is 2.94. The van der Waals surface area contributed by atoms with Crippen molar-refractivity contribution < 1.29 is 23.9 Å². The molecule has 0 aromatic heterocycles. The highest BCUT2D eigenvalue weighted by Crippen LogP contribution is 2.28. The van der Waals surface area contributed by atoms with E-state index < -0.39 is 0 Å². The van der Waals surface area contributed by atoms with Gasteiger partial charge in [-0.1, -0.05) is 18.2 Å². The van der Waals surface area contributed by atoms with Crippen molar-refractivity contribution in [1.82, 2.24) is 10.2 Å². The Kier molecular flexibility index (Phi) is 5.40. The Labute approximate surface area is 156 Å². The Bertz CT molecular complexity index is 836. The highest BCUT2D eigenvalue weighted by atomic mass is 16.5. The first-order valence-corrected chi connectivity index (χ1v) is 8.48. The molecule has 0 aliphatic carbocycles. The van der Waals surface area contributed by atoms with Gasteiger partial charge in [0.25, 0.3) is 11.8 Å². The van der Waals surface area contributed by atoms with Gasteiger partial charge < -0.3 is 14.8 Å². The minimum Gasteiger partial charge on any atom is -0.496 e. The maximum absolute atomic E-state index is 12.3. The Morgan fingerprint density at radius 1 is 0.926 bits per heavy atom. The van der Waals surface area contributed by atoms with Gasteiger partial charge in [-0.15, -0.1) is 0 Å². The first kappa shape index (κ1) is 18.4. The Morgan fingerprint density at radius 2 is 1.48 bits per heavy atom. The fraction of sp³-hybridized carbons (Fsp3) is 0.250. The maximum Gasteiger partial charge on any atom is 0.261 e. The standard InChI is InChI=1S/C20H20N2O5/c1-26-16-8-5-9-17(27-2)15(16)12-21-18(23)10-11-22-19(24)13-6-3-4-7-14(13)20(22)25/h3-9H,10-12H2,1-2H3,(H,21,23). The molecule has 1 N–H and O–H groups in total. The predicted molar refractivity (Wildman–Crippen MR) is 97.8 cm³/mol. The van der Waals surface area contributed by atoms with Crippen LogP contribution < -0.4 is 14.8 Å². The van der Waals surface area contributed by atoms with Crippen LogP contribution in [0.1, 0.15) is 32.7 Å². The van der Waals surface area contributed by atoms with Gasteiger partial charge in [-0.05, 0) is 24.3 Å². The van der Waals surface area contributed by atoms with Crippen LogP contribution in [0, 0.1) is 0 Å². The normalized spacial score (nSPS) is 12.7. The third-order valence-electron chi connectivity index (χ3n) is 4.43. The number of hydrogen-bond donors (Lipinski definition) is 1. The van der Waals surface area contributed by atoms with E-state index in [4.69, 9.17) is 9.47 Å². The quantitative estimate of drug-likeness (QED) is 0.756. The first-order valence-electron chi connectivity index (χ1n) is 8.48. The van der Waals surface area contributed by atoms with Crippen molar-refractivity contribution in [2.24, 2.45) is 0 Å². The molecule has 7 heteroatoms. The molecule has 0 fully saturated rings. The Hall–Kier alpha value is -3.35. The van der Waals surface area contributed by atoms with E-state index in [1.165, 1.54) is 0 Å². The lowest BCUT2D eigenvalue weighted by atomic mass is 10.1. The van der Waals surface area contributed by atoms with Crippen molar-refractivity contribution in [3.05, 3.63) is 59.2 Å². The number of nitrogens with zero attached hydrogens (tertiary/aromatic N) is 1. The molecular formula is C20H20N2O5. The zero-order chi connectivity index (χ0) is 19.4. The summed E-state index contributed by atoms with van der Waals surface area (Å²) in [4.78, 5) is 37.9. The molecule has 0 spiro atoms. The lowest BCUT2D eigenvalue weighted by Gasteiger charge is -2.15. The molecule has 0 radical (unpaired) electrons. The van der Waals surface area contributed by atoms with Crippen LogP contribution in [0.2, 0.25) is 0 Å². The number of benzene rings is 2. The number of rotatable bonds is 7. The van der Waals surface area contributed by atoms with Crippen molar-refractivity contribution in [3.63, 3.8) is 0 Å². The summed E-state index contributed by atoms with van der Waals surface area (Å²) in [5.41, 5.74) is 1.47. The van der Waals surface area contributed by atoms with Crippen LogP contribution in [0.25, 0.3) is 0 Å². The number of carbonyl (C=O) groups is 3. The molecule has 0 saturated heterocycles. The minimum absolute atomic E-state index is 0.0168. The number of carbonyl (C=O) groups excluding carboxylic acids is 3. The number of imide groups is 1. The van der Waals surface area contributed by atoms with Crippen LogP contribution in [-0.2, 0) is 11.3 Å². The fourth-order valence-electron chi connectivity index (χ4n) is 3.03. The fourth-order valence-corrected chi connectivity index (χ4v) is 3.03. The van der Waals surface area contributed by atoms with Crippen molar-refractivity contribution in [1.29, 1.82) is 0 Å². The van der Waals surface area contributed by atoms with Crippen LogP contribution >= 0.6 is 0 Å². The molecule has 3 amide bonds. The van der Waals surface area contributed by atoms with Gasteiger partial charge in [0.15, 0.2) is 0 Å². The number of ether oxygens (including phenoxy) is 2. The number of hydrogen-bond acceptors (Lipinski definition) is 5. The summed E-state index contributed by atoms with van der Waals surface area (Å²) < 4.78 is 10.6. The van der Waals surface area contributed by atoms with E-state index in [0.717, 1.165) is 10.5 Å². The van der Waals surface area contributed by atoms with E-state index in [-0.39, 0.29) is 37.2 Å². The molecule has 0 unspecified atom stereocenters. The summed E-state index contributed by atoms with van der Waals surface area (Å²) >= 11 is 0. The SMILES string of the molecule is COc1cccc(OC)c1CNC(=O)CCN1C(=O)c2ccccc2C1=O. The van der Waals surface area contributed by atoms with E-state index in [1.54, 1.807) is 56.7 Å². The van der Waals surface area contributed by atoms with Crippen molar-refractivity contribution >= 4 is 17.7 Å². The molecule has 3 rings (SSSR count). The highest BCUT2D eigenvalue weighted by Gasteiger charge is 2.34. The molecule has 0 bridgehead atoms. The van der Waals surface area contributed by atoms with Crippen LogP contribution in [0.15, 0.2) is 42.5 Å². The van der Waals surface area contributed by atoms with Crippen molar-refractivity contribution in [2.45, 2.75) is 13.0 Å². The van der Waals surface area contributed by atoms with E-state index in [1.807, 2.05) is 0 Å². The third kappa shape index (κ3) is 3.62. The molecule has 140 valence electrons. The van der Waals surface area contributed by atoms with Crippen molar-refractivity contribution in [2.75, 3.05) is 20.8 Å². The van der Waals surface area contributed by atoms with Gasteiger partial charge in [0, 0.05) is 13.0 Å². The Balaban J connectivity index is 1.59. The minimum atomic E-state index is -0.366. The zero-order valence-corrected chi connectivity index (χ0v) is 15.2. The van der Waals surface area contributed by atoms with Gasteiger partial charge in [-0.2, -0.15) is 0 Å². The molecular weight excluding hydrogens is 348 g/mol. The van der Waals surface area contributed by atoms with Gasteiger partial charge in [0.05, 0.1) is 37.5 Å². The number of fused-ring (bicyclic) bond motifs is 1. The summed E-state index contributed by atoms with van der Waals surface area (Å²) in [6, 6.07) is 12.0. The molecule has 0 saturated carbocycles. The monoisotopic (exact) mass is 368 g/mol. The molecule has 27 heavy (non-hydrogen) atoms. The van der Waals surface area contributed by atoms with E-state index in [0.29, 0.717) is 22.6 Å². The van der Waals surface area contributed by atoms with Gasteiger partial charge >= 0.3 is 0 Å². The molecule has 7 nitrogen and oxygen atoms in total. The second-order valence-corrected chi connectivity index (χ2v) is 5.98. The number of methoxy groups -OCH3 is 2. The lowest BCUT2D eigenvalue weighted by Crippen LogP contribution is -2.34. The molecule has 0 atom stereocenters. The largest absolute Gasteiger partial charge is 0.496 e. The van der Waals surface area contributed by atoms with E-state index in [9.17, 15) is 14.4 Å². The van der Waals surface area contributed by atoms with Gasteiger partial charge in [-0.25, -0.2) is 0 Å². The maximum atomic E-state index is 12.3. The van der Waals surface area contributed by atoms with Crippen LogP contribution in [0.5, 0.6) is 11.5 Å². The molecule has 1 aliphatic rings. The number of nitrogens with one attached hydrogen (secondary N) is 1. The second-order valence-electron chi connectivity index (χ2n) is 5.98. The average molecular weight is 368 g/mol. The van der Waals surface area contributed by atoms with Crippen LogP contribution in [0.3, 0.4) is 0 Å². The first-order chi connectivity index (χ1) is 13.1. The van der Waals surface area contributed by atoms with Gasteiger partial charge in [-0.3, -0.25) is 19.3 Å². The summed E-state index contributed by atoms with van der Waals surface area (Å²) in [6.45, 7) is 0.245. The third-order valence-corrected chi connectivity index (χ3v) is 4.43. The van der Waals surface area contributed by atoms with E-state index in [2.05, 4.69) is 5.32 Å². The molecule has 1 heterocycles. The summed E-state index contributed by atoms with van der Waals surface area (Å²) in [7, 11) is 3.09. The van der Waals surface area contributed by atoms with Crippen LogP contribution in [-0.4, -0.2) is 43.4 Å². The zero-order valence-electron chi connectivity index (χ0n) is 15.2. The van der Waals surface area contributed by atoms with Gasteiger partial charge in [0.1, 0.15) is 11.5 Å². The van der Waals surface area contributed by atoms with Crippen LogP contribution in [0.4, 0.5) is 0 Å². The number of amides is 3. The summed E-state index contributed by atoms with van der Waals surface area (Å²) in [6.07, 6.45) is 0.0168. The molecule has 2 aromatic carbocycles.